The van der Waals surface area contributed by atoms with Crippen molar-refractivity contribution in [1.82, 2.24) is 19.7 Å². The van der Waals surface area contributed by atoms with Crippen LogP contribution in [0.4, 0.5) is 10.6 Å². The Balaban J connectivity index is 2.06. The van der Waals surface area contributed by atoms with Crippen molar-refractivity contribution in [2.75, 3.05) is 11.9 Å². The molecule has 0 aromatic carbocycles. The van der Waals surface area contributed by atoms with Gasteiger partial charge in [-0.05, 0) is 24.8 Å². The number of hydrogen-bond acceptors (Lipinski definition) is 6. The fourth-order valence-corrected chi connectivity index (χ4v) is 3.11. The Labute approximate surface area is 153 Å². The third-order valence-electron chi connectivity index (χ3n) is 3.48. The first kappa shape index (κ1) is 17.9. The van der Waals surface area contributed by atoms with Crippen molar-refractivity contribution in [3.8, 4) is 16.5 Å². The van der Waals surface area contributed by atoms with Crippen LogP contribution < -0.4 is 10.9 Å². The zero-order chi connectivity index (χ0) is 18.5. The molecule has 0 aliphatic carbocycles. The molecule has 0 aliphatic rings. The van der Waals surface area contributed by atoms with Crippen LogP contribution in [0.5, 0.6) is 0 Å². The van der Waals surface area contributed by atoms with Gasteiger partial charge in [0.25, 0.3) is 5.56 Å². The molecule has 3 aromatic heterocycles. The summed E-state index contributed by atoms with van der Waals surface area (Å²) >= 11 is 1.52. The summed E-state index contributed by atoms with van der Waals surface area (Å²) in [5, 5.41) is 9.09. The molecule has 0 atom stereocenters. The molecule has 0 saturated heterocycles. The van der Waals surface area contributed by atoms with Gasteiger partial charge in [-0.15, -0.1) is 11.3 Å². The minimum Gasteiger partial charge on any atom is -0.450 e. The molecule has 3 heterocycles. The van der Waals surface area contributed by atoms with Crippen LogP contribution >= 0.6 is 11.3 Å². The maximum absolute atomic E-state index is 12.0. The van der Waals surface area contributed by atoms with Crippen molar-refractivity contribution in [3.05, 3.63) is 45.7 Å². The number of aromatic amines is 1. The van der Waals surface area contributed by atoms with Crippen molar-refractivity contribution in [2.45, 2.75) is 26.7 Å². The molecule has 1 amide bonds. The van der Waals surface area contributed by atoms with E-state index in [0.29, 0.717) is 23.6 Å². The lowest BCUT2D eigenvalue weighted by Gasteiger charge is -2.08. The molecule has 136 valence electrons. The average Bonchev–Trinajstić information content (AvgIpc) is 3.24. The van der Waals surface area contributed by atoms with Crippen molar-refractivity contribution in [3.63, 3.8) is 0 Å². The predicted octanol–water partition coefficient (Wildman–Crippen LogP) is 3.21. The van der Waals surface area contributed by atoms with Gasteiger partial charge in [0.15, 0.2) is 0 Å². The van der Waals surface area contributed by atoms with E-state index in [1.807, 2.05) is 24.4 Å². The molecular formula is C17H19N5O3S. The number of hydrogen-bond donors (Lipinski definition) is 2. The highest BCUT2D eigenvalue weighted by atomic mass is 32.1. The van der Waals surface area contributed by atoms with Gasteiger partial charge in [-0.2, -0.15) is 9.78 Å². The third kappa shape index (κ3) is 3.99. The second-order valence-electron chi connectivity index (χ2n) is 5.46. The van der Waals surface area contributed by atoms with Crippen LogP contribution in [0.2, 0.25) is 0 Å². The first-order valence-corrected chi connectivity index (χ1v) is 9.17. The van der Waals surface area contributed by atoms with E-state index in [-0.39, 0.29) is 18.1 Å². The molecule has 0 radical (unpaired) electrons. The molecule has 0 fully saturated rings. The number of anilines is 1. The number of rotatable bonds is 6. The summed E-state index contributed by atoms with van der Waals surface area (Å²) in [5.74, 6) is 0.610. The van der Waals surface area contributed by atoms with E-state index in [2.05, 4.69) is 20.4 Å². The first-order chi connectivity index (χ1) is 12.6. The van der Waals surface area contributed by atoms with Crippen LogP contribution in [-0.2, 0) is 11.2 Å². The number of ether oxygens (including phenoxy) is 1. The van der Waals surface area contributed by atoms with Gasteiger partial charge >= 0.3 is 6.09 Å². The summed E-state index contributed by atoms with van der Waals surface area (Å²) in [6, 6.07) is 7.03. The van der Waals surface area contributed by atoms with Crippen molar-refractivity contribution in [2.24, 2.45) is 0 Å². The van der Waals surface area contributed by atoms with Crippen molar-refractivity contribution < 1.29 is 9.53 Å². The molecular weight excluding hydrogens is 354 g/mol. The van der Waals surface area contributed by atoms with Gasteiger partial charge in [0.2, 0.25) is 5.95 Å². The predicted molar refractivity (Wildman–Crippen MR) is 99.9 cm³/mol. The Morgan fingerprint density at radius 1 is 1.38 bits per heavy atom. The van der Waals surface area contributed by atoms with E-state index in [1.165, 1.54) is 22.1 Å². The van der Waals surface area contributed by atoms with E-state index in [9.17, 15) is 9.59 Å². The van der Waals surface area contributed by atoms with E-state index >= 15 is 0 Å². The van der Waals surface area contributed by atoms with Gasteiger partial charge in [0.1, 0.15) is 11.5 Å². The fourth-order valence-electron chi connectivity index (χ4n) is 2.43. The van der Waals surface area contributed by atoms with Crippen LogP contribution in [0.25, 0.3) is 16.5 Å². The fraction of sp³-hybridized carbons (Fsp3) is 0.294. The Hall–Kier alpha value is -2.94. The van der Waals surface area contributed by atoms with Crippen molar-refractivity contribution in [1.29, 1.82) is 0 Å². The molecule has 0 saturated carbocycles. The smallest absolute Gasteiger partial charge is 0.412 e. The molecule has 0 bridgehead atoms. The summed E-state index contributed by atoms with van der Waals surface area (Å²) in [7, 11) is 0. The average molecular weight is 373 g/mol. The largest absolute Gasteiger partial charge is 0.450 e. The number of H-pyrrole nitrogens is 1. The molecule has 9 heteroatoms. The van der Waals surface area contributed by atoms with Gasteiger partial charge in [0, 0.05) is 17.8 Å². The molecule has 2 N–H and O–H groups in total. The number of carbonyl (C=O) groups excluding carboxylic acids is 1. The number of nitrogens with zero attached hydrogens (tertiary/aromatic N) is 3. The Kier molecular flexibility index (Phi) is 5.47. The summed E-state index contributed by atoms with van der Waals surface area (Å²) in [4.78, 5) is 31.9. The topological polar surface area (TPSA) is 102 Å². The molecule has 8 nitrogen and oxygen atoms in total. The number of carbonyl (C=O) groups is 1. The van der Waals surface area contributed by atoms with Crippen LogP contribution in [-0.4, -0.2) is 32.4 Å². The van der Waals surface area contributed by atoms with E-state index in [4.69, 9.17) is 4.74 Å². The number of thiophene rings is 1. The van der Waals surface area contributed by atoms with Crippen LogP contribution in [0.1, 0.15) is 26.0 Å². The summed E-state index contributed by atoms with van der Waals surface area (Å²) in [6.07, 6.45) is 0.943. The monoisotopic (exact) mass is 373 g/mol. The summed E-state index contributed by atoms with van der Waals surface area (Å²) in [5.41, 5.74) is 1.06. The maximum atomic E-state index is 12.0. The number of aromatic nitrogens is 4. The standard InChI is InChI=1S/C17H19N5O3S/c1-3-6-11-9-15(23)20-16(18-11)22-14(19-17(24)25-4-2)10-12(21-22)13-7-5-8-26-13/h5,7-10H,3-4,6H2,1-2H3,(H,19,24)(H,18,20,23). The highest BCUT2D eigenvalue weighted by molar-refractivity contribution is 7.13. The Morgan fingerprint density at radius 2 is 2.23 bits per heavy atom. The SMILES string of the molecule is CCCc1cc(=O)[nH]c(-n2nc(-c3cccs3)cc2NC(=O)OCC)n1. The lowest BCUT2D eigenvalue weighted by atomic mass is 10.2. The van der Waals surface area contributed by atoms with Crippen molar-refractivity contribution >= 4 is 23.2 Å². The van der Waals surface area contributed by atoms with Crippen LogP contribution in [0.15, 0.2) is 34.4 Å². The Morgan fingerprint density at radius 3 is 2.92 bits per heavy atom. The second-order valence-corrected chi connectivity index (χ2v) is 6.41. The number of nitrogens with one attached hydrogen (secondary N) is 2. The zero-order valence-corrected chi connectivity index (χ0v) is 15.3. The maximum Gasteiger partial charge on any atom is 0.412 e. The molecule has 3 rings (SSSR count). The third-order valence-corrected chi connectivity index (χ3v) is 4.37. The molecule has 3 aromatic rings. The second kappa shape index (κ2) is 7.96. The summed E-state index contributed by atoms with van der Waals surface area (Å²) < 4.78 is 6.35. The lowest BCUT2D eigenvalue weighted by molar-refractivity contribution is 0.167. The molecule has 0 aliphatic heterocycles. The quantitative estimate of drug-likeness (QED) is 0.691. The number of amides is 1. The molecule has 26 heavy (non-hydrogen) atoms. The van der Waals surface area contributed by atoms with Gasteiger partial charge in [-0.25, -0.2) is 9.78 Å². The molecule has 0 unspecified atom stereocenters. The normalized spacial score (nSPS) is 10.7. The van der Waals surface area contributed by atoms with Gasteiger partial charge in [0.05, 0.1) is 11.5 Å². The minimum atomic E-state index is -0.599. The van der Waals surface area contributed by atoms with Gasteiger partial charge in [-0.1, -0.05) is 19.4 Å². The van der Waals surface area contributed by atoms with Gasteiger partial charge < -0.3 is 4.74 Å². The first-order valence-electron chi connectivity index (χ1n) is 8.29. The Bertz CT molecular complexity index is 946. The van der Waals surface area contributed by atoms with E-state index in [0.717, 1.165) is 11.3 Å². The number of aryl methyl sites for hydroxylation is 1. The molecule has 0 spiro atoms. The summed E-state index contributed by atoms with van der Waals surface area (Å²) in [6.45, 7) is 3.99. The highest BCUT2D eigenvalue weighted by Crippen LogP contribution is 2.27. The van der Waals surface area contributed by atoms with E-state index < -0.39 is 6.09 Å². The lowest BCUT2D eigenvalue weighted by Crippen LogP contribution is -2.19. The van der Waals surface area contributed by atoms with Gasteiger partial charge in [-0.3, -0.25) is 15.1 Å². The van der Waals surface area contributed by atoms with E-state index in [1.54, 1.807) is 13.0 Å². The van der Waals surface area contributed by atoms with Crippen LogP contribution in [0, 0.1) is 0 Å². The minimum absolute atomic E-state index is 0.246. The highest BCUT2D eigenvalue weighted by Gasteiger charge is 2.16. The zero-order valence-electron chi connectivity index (χ0n) is 14.5. The van der Waals surface area contributed by atoms with Crippen LogP contribution in [0.3, 0.4) is 0 Å².